The lowest BCUT2D eigenvalue weighted by Crippen LogP contribution is -2.12. The second-order valence-corrected chi connectivity index (χ2v) is 5.90. The number of rotatable bonds is 5. The minimum Gasteiger partial charge on any atom is -0.368 e. The predicted molar refractivity (Wildman–Crippen MR) is 89.3 cm³/mol. The van der Waals surface area contributed by atoms with Gasteiger partial charge in [-0.05, 0) is 29.1 Å². The number of nitrogens with one attached hydrogen (secondary N) is 1. The number of halogens is 1. The summed E-state index contributed by atoms with van der Waals surface area (Å²) in [7, 11) is 0. The topological polar surface area (TPSA) is 55.2 Å². The molecule has 0 radical (unpaired) electrons. The summed E-state index contributed by atoms with van der Waals surface area (Å²) < 4.78 is 13.3. The van der Waals surface area contributed by atoms with Crippen LogP contribution in [0.3, 0.4) is 0 Å². The van der Waals surface area contributed by atoms with Crippen molar-refractivity contribution in [3.63, 3.8) is 0 Å². The molecule has 6 heteroatoms. The smallest absolute Gasteiger partial charge is 0.295 e. The number of nitrogens with zero attached hydrogens (tertiary/aromatic N) is 1. The minimum absolute atomic E-state index is 0.236. The van der Waals surface area contributed by atoms with E-state index in [9.17, 15) is 14.5 Å². The number of benzene rings is 2. The number of anilines is 1. The maximum Gasteiger partial charge on any atom is 0.295 e. The first-order valence-electron chi connectivity index (χ1n) is 6.94. The van der Waals surface area contributed by atoms with E-state index in [0.717, 1.165) is 16.5 Å². The van der Waals surface area contributed by atoms with Crippen molar-refractivity contribution < 1.29 is 9.31 Å². The molecule has 0 bridgehead atoms. The van der Waals surface area contributed by atoms with Gasteiger partial charge in [0.1, 0.15) is 11.5 Å². The van der Waals surface area contributed by atoms with Crippen molar-refractivity contribution >= 4 is 22.7 Å². The zero-order valence-corrected chi connectivity index (χ0v) is 12.8. The van der Waals surface area contributed by atoms with E-state index in [1.807, 2.05) is 47.8 Å². The highest BCUT2D eigenvalue weighted by Gasteiger charge is 2.21. The molecule has 0 aliphatic carbocycles. The highest BCUT2D eigenvalue weighted by atomic mass is 32.1. The molecule has 116 valence electrons. The van der Waals surface area contributed by atoms with Gasteiger partial charge in [0.15, 0.2) is 0 Å². The Morgan fingerprint density at radius 1 is 1.09 bits per heavy atom. The van der Waals surface area contributed by atoms with Crippen molar-refractivity contribution in [3.05, 3.63) is 92.4 Å². The lowest BCUT2D eigenvalue weighted by atomic mass is 10.0. The Morgan fingerprint density at radius 2 is 1.87 bits per heavy atom. The molecule has 0 unspecified atom stereocenters. The fourth-order valence-corrected chi connectivity index (χ4v) is 3.16. The van der Waals surface area contributed by atoms with E-state index in [1.54, 1.807) is 11.3 Å². The summed E-state index contributed by atoms with van der Waals surface area (Å²) in [5.74, 6) is -0.630. The van der Waals surface area contributed by atoms with Crippen molar-refractivity contribution in [1.29, 1.82) is 0 Å². The highest BCUT2D eigenvalue weighted by Crippen LogP contribution is 2.33. The second-order valence-electron chi connectivity index (χ2n) is 4.92. The van der Waals surface area contributed by atoms with Crippen LogP contribution in [0.4, 0.5) is 15.8 Å². The quantitative estimate of drug-likeness (QED) is 0.530. The van der Waals surface area contributed by atoms with Crippen LogP contribution in [0.15, 0.2) is 66.0 Å². The first-order chi connectivity index (χ1) is 11.1. The van der Waals surface area contributed by atoms with Crippen LogP contribution in [0.25, 0.3) is 0 Å². The van der Waals surface area contributed by atoms with Crippen molar-refractivity contribution in [2.75, 3.05) is 5.32 Å². The summed E-state index contributed by atoms with van der Waals surface area (Å²) >= 11 is 1.56. The summed E-state index contributed by atoms with van der Waals surface area (Å²) in [6.45, 7) is 0. The molecule has 3 aromatic rings. The van der Waals surface area contributed by atoms with Crippen molar-refractivity contribution in [2.45, 2.75) is 6.04 Å². The van der Waals surface area contributed by atoms with Gasteiger partial charge in [0.05, 0.1) is 17.0 Å². The minimum atomic E-state index is -0.630. The summed E-state index contributed by atoms with van der Waals surface area (Å²) in [4.78, 5) is 11.6. The molecule has 0 fully saturated rings. The third kappa shape index (κ3) is 3.37. The lowest BCUT2D eigenvalue weighted by Gasteiger charge is -2.19. The lowest BCUT2D eigenvalue weighted by molar-refractivity contribution is -0.384. The van der Waals surface area contributed by atoms with E-state index in [0.29, 0.717) is 5.69 Å². The largest absolute Gasteiger partial charge is 0.368 e. The standard InChI is InChI=1S/C17H13FN2O2S/c18-13-8-9-14(15(11-13)20(21)22)19-17(16-7-4-10-23-16)12-5-2-1-3-6-12/h1-11,17,19H/t17-/m1/s1. The summed E-state index contributed by atoms with van der Waals surface area (Å²) in [6.07, 6.45) is 0. The predicted octanol–water partition coefficient (Wildman–Crippen LogP) is 5.00. The fraction of sp³-hybridized carbons (Fsp3) is 0.0588. The summed E-state index contributed by atoms with van der Waals surface area (Å²) in [5.41, 5.74) is 0.995. The molecule has 0 spiro atoms. The molecule has 0 aliphatic heterocycles. The van der Waals surface area contributed by atoms with E-state index in [-0.39, 0.29) is 11.7 Å². The number of thiophene rings is 1. The zero-order valence-electron chi connectivity index (χ0n) is 12.0. The van der Waals surface area contributed by atoms with Crippen molar-refractivity contribution in [2.24, 2.45) is 0 Å². The summed E-state index contributed by atoms with van der Waals surface area (Å²) in [6, 6.07) is 16.8. The van der Waals surface area contributed by atoms with Crippen LogP contribution in [-0.2, 0) is 0 Å². The van der Waals surface area contributed by atoms with Gasteiger partial charge in [0, 0.05) is 4.88 Å². The van der Waals surface area contributed by atoms with E-state index in [4.69, 9.17) is 0 Å². The van der Waals surface area contributed by atoms with Crippen LogP contribution < -0.4 is 5.32 Å². The first-order valence-corrected chi connectivity index (χ1v) is 7.82. The van der Waals surface area contributed by atoms with E-state index >= 15 is 0 Å². The van der Waals surface area contributed by atoms with E-state index < -0.39 is 10.7 Å². The van der Waals surface area contributed by atoms with Crippen LogP contribution >= 0.6 is 11.3 Å². The Hall–Kier alpha value is -2.73. The number of hydrogen-bond donors (Lipinski definition) is 1. The maximum atomic E-state index is 13.3. The van der Waals surface area contributed by atoms with Gasteiger partial charge in [-0.15, -0.1) is 11.3 Å². The molecule has 4 nitrogen and oxygen atoms in total. The Bertz CT molecular complexity index is 807. The molecule has 1 heterocycles. The Morgan fingerprint density at radius 3 is 2.52 bits per heavy atom. The molecule has 0 saturated carbocycles. The van der Waals surface area contributed by atoms with Gasteiger partial charge in [-0.1, -0.05) is 36.4 Å². The second kappa shape index (κ2) is 6.58. The van der Waals surface area contributed by atoms with Crippen LogP contribution in [0, 0.1) is 15.9 Å². The van der Waals surface area contributed by atoms with Gasteiger partial charge in [0.25, 0.3) is 5.69 Å². The third-order valence-electron chi connectivity index (χ3n) is 3.42. The molecule has 2 aromatic carbocycles. The maximum absolute atomic E-state index is 13.3. The van der Waals surface area contributed by atoms with E-state index in [1.165, 1.54) is 12.1 Å². The average molecular weight is 328 g/mol. The molecule has 1 N–H and O–H groups in total. The van der Waals surface area contributed by atoms with E-state index in [2.05, 4.69) is 5.32 Å². The molecule has 0 saturated heterocycles. The number of hydrogen-bond acceptors (Lipinski definition) is 4. The Labute approximate surface area is 136 Å². The van der Waals surface area contributed by atoms with Gasteiger partial charge in [0.2, 0.25) is 0 Å². The molecular weight excluding hydrogens is 315 g/mol. The molecule has 23 heavy (non-hydrogen) atoms. The van der Waals surface area contributed by atoms with Gasteiger partial charge in [-0.25, -0.2) is 4.39 Å². The number of nitro benzene ring substituents is 1. The van der Waals surface area contributed by atoms with Crippen LogP contribution in [-0.4, -0.2) is 4.92 Å². The molecule has 1 atom stereocenters. The first kappa shape index (κ1) is 15.2. The SMILES string of the molecule is O=[N+]([O-])c1cc(F)ccc1N[C@H](c1ccccc1)c1cccs1. The zero-order chi connectivity index (χ0) is 16.2. The molecule has 3 rings (SSSR count). The summed E-state index contributed by atoms with van der Waals surface area (Å²) in [5, 5.41) is 16.3. The Balaban J connectivity index is 2.02. The van der Waals surface area contributed by atoms with Gasteiger partial charge in [-0.2, -0.15) is 0 Å². The van der Waals surface area contributed by atoms with Crippen LogP contribution in [0.1, 0.15) is 16.5 Å². The molecule has 0 amide bonds. The van der Waals surface area contributed by atoms with Crippen LogP contribution in [0.5, 0.6) is 0 Å². The Kier molecular flexibility index (Phi) is 4.34. The molecule has 1 aromatic heterocycles. The van der Waals surface area contributed by atoms with Gasteiger partial charge in [-0.3, -0.25) is 10.1 Å². The third-order valence-corrected chi connectivity index (χ3v) is 4.35. The number of nitro groups is 1. The highest BCUT2D eigenvalue weighted by molar-refractivity contribution is 7.10. The monoisotopic (exact) mass is 328 g/mol. The fourth-order valence-electron chi connectivity index (χ4n) is 2.35. The van der Waals surface area contributed by atoms with Crippen LogP contribution in [0.2, 0.25) is 0 Å². The normalized spacial score (nSPS) is 11.9. The molecular formula is C17H13FN2O2S. The van der Waals surface area contributed by atoms with Crippen molar-refractivity contribution in [3.8, 4) is 0 Å². The average Bonchev–Trinajstić information content (AvgIpc) is 3.08. The van der Waals surface area contributed by atoms with Gasteiger partial charge >= 0.3 is 0 Å². The molecule has 0 aliphatic rings. The van der Waals surface area contributed by atoms with Gasteiger partial charge < -0.3 is 5.32 Å². The van der Waals surface area contributed by atoms with Crippen molar-refractivity contribution in [1.82, 2.24) is 0 Å².